The first kappa shape index (κ1) is 13.4. The topological polar surface area (TPSA) is 6.48 Å². The molecule has 19 heavy (non-hydrogen) atoms. The van der Waals surface area contributed by atoms with Crippen LogP contribution in [0, 0.1) is 0 Å². The number of alkyl halides is 1. The highest BCUT2D eigenvalue weighted by molar-refractivity contribution is 6.17. The number of piperazine rings is 1. The lowest BCUT2D eigenvalue weighted by atomic mass is 10.0. The smallest absolute Gasteiger partial charge is 0.0474 e. The molecule has 0 unspecified atom stereocenters. The second kappa shape index (κ2) is 5.82. The number of halogens is 1. The minimum absolute atomic E-state index is 0.519. The molecule has 0 bridgehead atoms. The second-order valence-electron chi connectivity index (χ2n) is 5.85. The van der Waals surface area contributed by atoms with E-state index >= 15 is 0 Å². The number of hydrogen-bond acceptors (Lipinski definition) is 2. The van der Waals surface area contributed by atoms with Gasteiger partial charge in [0, 0.05) is 44.1 Å². The maximum atomic E-state index is 5.84. The molecule has 1 saturated carbocycles. The van der Waals surface area contributed by atoms with Gasteiger partial charge in [-0.15, -0.1) is 11.6 Å². The van der Waals surface area contributed by atoms with Crippen molar-refractivity contribution in [1.29, 1.82) is 0 Å². The summed E-state index contributed by atoms with van der Waals surface area (Å²) < 4.78 is 0. The first-order valence-corrected chi connectivity index (χ1v) is 7.94. The van der Waals surface area contributed by atoms with E-state index in [4.69, 9.17) is 11.6 Å². The van der Waals surface area contributed by atoms with Gasteiger partial charge in [0.1, 0.15) is 0 Å². The molecular formula is C16H23ClN2. The lowest BCUT2D eigenvalue weighted by Gasteiger charge is -2.38. The molecule has 1 saturated heterocycles. The fourth-order valence-electron chi connectivity index (χ4n) is 3.03. The van der Waals surface area contributed by atoms with Gasteiger partial charge in [-0.1, -0.05) is 24.3 Å². The maximum absolute atomic E-state index is 5.84. The Morgan fingerprint density at radius 1 is 1.11 bits per heavy atom. The Balaban J connectivity index is 1.58. The van der Waals surface area contributed by atoms with Crippen LogP contribution < -0.4 is 0 Å². The Bertz CT molecular complexity index is 405. The Kier molecular flexibility index (Phi) is 4.11. The first-order valence-electron chi connectivity index (χ1n) is 7.41. The summed E-state index contributed by atoms with van der Waals surface area (Å²) >= 11 is 5.84. The van der Waals surface area contributed by atoms with Crippen molar-refractivity contribution in [3.05, 3.63) is 35.4 Å². The largest absolute Gasteiger partial charge is 0.298 e. The van der Waals surface area contributed by atoms with Gasteiger partial charge in [-0.25, -0.2) is 0 Å². The number of rotatable bonds is 4. The Hall–Kier alpha value is -0.570. The highest BCUT2D eigenvalue weighted by atomic mass is 35.5. The van der Waals surface area contributed by atoms with E-state index in [9.17, 15) is 0 Å². The normalized spacial score (nSPS) is 23.5. The summed E-state index contributed by atoms with van der Waals surface area (Å²) in [5.41, 5.74) is 2.62. The van der Waals surface area contributed by atoms with Crippen molar-refractivity contribution >= 4 is 11.6 Å². The first-order chi connectivity index (χ1) is 9.28. The summed E-state index contributed by atoms with van der Waals surface area (Å²) in [7, 11) is 0. The number of hydrogen-bond donors (Lipinski definition) is 0. The van der Waals surface area contributed by atoms with E-state index in [0.29, 0.717) is 11.9 Å². The van der Waals surface area contributed by atoms with Crippen LogP contribution in [0.4, 0.5) is 0 Å². The Morgan fingerprint density at radius 3 is 2.26 bits per heavy atom. The van der Waals surface area contributed by atoms with Crippen LogP contribution in [0.1, 0.15) is 36.9 Å². The van der Waals surface area contributed by atoms with E-state index in [1.165, 1.54) is 50.1 Å². The highest BCUT2D eigenvalue weighted by Crippen LogP contribution is 2.29. The van der Waals surface area contributed by atoms with Gasteiger partial charge >= 0.3 is 0 Å². The van der Waals surface area contributed by atoms with Crippen molar-refractivity contribution in [1.82, 2.24) is 9.80 Å². The predicted molar refractivity (Wildman–Crippen MR) is 80.6 cm³/mol. The standard InChI is InChI=1S/C16H23ClN2/c1-13(15-4-2-14(12-17)3-5-15)18-8-10-19(11-9-18)16-6-7-16/h2-5,13,16H,6-12H2,1H3/t13-/m1/s1. The van der Waals surface area contributed by atoms with Crippen molar-refractivity contribution in [2.75, 3.05) is 26.2 Å². The predicted octanol–water partition coefficient (Wildman–Crippen LogP) is 3.27. The second-order valence-corrected chi connectivity index (χ2v) is 6.12. The molecule has 3 rings (SSSR count). The van der Waals surface area contributed by atoms with Gasteiger partial charge in [-0.05, 0) is 30.9 Å². The van der Waals surface area contributed by atoms with E-state index in [1.54, 1.807) is 0 Å². The molecule has 0 amide bonds. The lowest BCUT2D eigenvalue weighted by molar-refractivity contribution is 0.0975. The average molecular weight is 279 g/mol. The SMILES string of the molecule is C[C@H](c1ccc(CCl)cc1)N1CCN(C2CC2)CC1. The summed E-state index contributed by atoms with van der Waals surface area (Å²) in [6, 6.07) is 10.2. The van der Waals surface area contributed by atoms with Crippen molar-refractivity contribution in [3.8, 4) is 0 Å². The van der Waals surface area contributed by atoms with Gasteiger partial charge < -0.3 is 0 Å². The summed E-state index contributed by atoms with van der Waals surface area (Å²) in [6.07, 6.45) is 2.85. The molecule has 0 aromatic heterocycles. The van der Waals surface area contributed by atoms with E-state index < -0.39 is 0 Å². The Labute approximate surface area is 121 Å². The Morgan fingerprint density at radius 2 is 1.74 bits per heavy atom. The van der Waals surface area contributed by atoms with Crippen LogP contribution in [0.2, 0.25) is 0 Å². The van der Waals surface area contributed by atoms with Crippen molar-refractivity contribution in [3.63, 3.8) is 0 Å². The fraction of sp³-hybridized carbons (Fsp3) is 0.625. The third-order valence-electron chi connectivity index (χ3n) is 4.58. The zero-order chi connectivity index (χ0) is 13.2. The zero-order valence-corrected chi connectivity index (χ0v) is 12.4. The molecule has 0 spiro atoms. The monoisotopic (exact) mass is 278 g/mol. The molecule has 0 N–H and O–H groups in total. The highest BCUT2D eigenvalue weighted by Gasteiger charge is 2.32. The average Bonchev–Trinajstić information content (AvgIpc) is 3.31. The van der Waals surface area contributed by atoms with E-state index in [-0.39, 0.29) is 0 Å². The van der Waals surface area contributed by atoms with Crippen LogP contribution in [0.25, 0.3) is 0 Å². The summed E-state index contributed by atoms with van der Waals surface area (Å²) in [4.78, 5) is 5.27. The molecule has 1 aromatic rings. The van der Waals surface area contributed by atoms with Gasteiger partial charge in [0.2, 0.25) is 0 Å². The van der Waals surface area contributed by atoms with Gasteiger partial charge in [0.25, 0.3) is 0 Å². The van der Waals surface area contributed by atoms with Crippen LogP contribution in [-0.4, -0.2) is 42.0 Å². The van der Waals surface area contributed by atoms with E-state index in [1.807, 2.05) is 0 Å². The van der Waals surface area contributed by atoms with Crippen molar-refractivity contribution in [2.45, 2.75) is 37.7 Å². The molecule has 1 heterocycles. The van der Waals surface area contributed by atoms with Crippen molar-refractivity contribution < 1.29 is 0 Å². The number of nitrogens with zero attached hydrogens (tertiary/aromatic N) is 2. The molecule has 2 aliphatic rings. The third-order valence-corrected chi connectivity index (χ3v) is 4.88. The van der Waals surface area contributed by atoms with Crippen LogP contribution >= 0.6 is 11.6 Å². The summed E-state index contributed by atoms with van der Waals surface area (Å²) in [6.45, 7) is 7.22. The molecule has 1 aromatic carbocycles. The molecule has 104 valence electrons. The van der Waals surface area contributed by atoms with Crippen LogP contribution in [0.15, 0.2) is 24.3 Å². The van der Waals surface area contributed by atoms with Crippen LogP contribution in [0.3, 0.4) is 0 Å². The molecule has 2 fully saturated rings. The van der Waals surface area contributed by atoms with Gasteiger partial charge in [-0.3, -0.25) is 9.80 Å². The minimum Gasteiger partial charge on any atom is -0.298 e. The van der Waals surface area contributed by atoms with Crippen LogP contribution in [-0.2, 0) is 5.88 Å². The molecule has 0 radical (unpaired) electrons. The zero-order valence-electron chi connectivity index (χ0n) is 11.7. The maximum Gasteiger partial charge on any atom is 0.0474 e. The van der Waals surface area contributed by atoms with Gasteiger partial charge in [-0.2, -0.15) is 0 Å². The fourth-order valence-corrected chi connectivity index (χ4v) is 3.20. The summed E-state index contributed by atoms with van der Waals surface area (Å²) in [5, 5.41) is 0. The van der Waals surface area contributed by atoms with Gasteiger partial charge in [0.15, 0.2) is 0 Å². The minimum atomic E-state index is 0.519. The molecular weight excluding hydrogens is 256 g/mol. The summed E-state index contributed by atoms with van der Waals surface area (Å²) in [5.74, 6) is 0.606. The third kappa shape index (κ3) is 3.13. The van der Waals surface area contributed by atoms with Gasteiger partial charge in [0.05, 0.1) is 0 Å². The van der Waals surface area contributed by atoms with Crippen molar-refractivity contribution in [2.24, 2.45) is 0 Å². The van der Waals surface area contributed by atoms with Crippen LogP contribution in [0.5, 0.6) is 0 Å². The molecule has 3 heteroatoms. The van der Waals surface area contributed by atoms with E-state index in [2.05, 4.69) is 41.0 Å². The number of benzene rings is 1. The molecule has 1 aliphatic heterocycles. The molecule has 2 nitrogen and oxygen atoms in total. The lowest BCUT2D eigenvalue weighted by Crippen LogP contribution is -2.47. The quantitative estimate of drug-likeness (QED) is 0.780. The molecule has 1 aliphatic carbocycles. The molecule has 1 atom stereocenters. The van der Waals surface area contributed by atoms with E-state index in [0.717, 1.165) is 6.04 Å².